The molecule has 3 rings (SSSR count). The van der Waals surface area contributed by atoms with Crippen LogP contribution in [0.25, 0.3) is 0 Å². The summed E-state index contributed by atoms with van der Waals surface area (Å²) >= 11 is 0. The molecule has 29 heavy (non-hydrogen) atoms. The Morgan fingerprint density at radius 3 is 2.17 bits per heavy atom. The van der Waals surface area contributed by atoms with Crippen LogP contribution in [0.5, 0.6) is 11.5 Å². The molecule has 1 N–H and O–H groups in total. The number of nitrogens with zero attached hydrogens (tertiary/aromatic N) is 1. The van der Waals surface area contributed by atoms with E-state index < -0.39 is 10.0 Å². The third-order valence-electron chi connectivity index (χ3n) is 4.22. The van der Waals surface area contributed by atoms with Crippen LogP contribution in [0, 0.1) is 0 Å². The Hall–Kier alpha value is -3.07. The number of hydrogen-bond donors (Lipinski definition) is 1. The van der Waals surface area contributed by atoms with Crippen molar-refractivity contribution in [2.75, 3.05) is 16.7 Å². The van der Waals surface area contributed by atoms with Crippen molar-refractivity contribution < 1.29 is 27.5 Å². The molecule has 0 bridgehead atoms. The number of ether oxygens (including phenoxy) is 2. The molecule has 0 saturated carbocycles. The maximum absolute atomic E-state index is 13.0. The minimum atomic E-state index is -4.04. The fourth-order valence-corrected chi connectivity index (χ4v) is 4.21. The Morgan fingerprint density at radius 2 is 1.62 bits per heavy atom. The minimum Gasteiger partial charge on any atom is -0.495 e. The molecular weight excluding hydrogens is 396 g/mol. The van der Waals surface area contributed by atoms with Crippen molar-refractivity contribution in [3.63, 3.8) is 0 Å². The van der Waals surface area contributed by atoms with Crippen molar-refractivity contribution in [1.82, 2.24) is 0 Å². The summed E-state index contributed by atoms with van der Waals surface area (Å²) in [7, 11) is -2.70. The van der Waals surface area contributed by atoms with Crippen molar-refractivity contribution >= 4 is 33.2 Å². The quantitative estimate of drug-likeness (QED) is 0.694. The first-order chi connectivity index (χ1) is 13.7. The summed E-state index contributed by atoms with van der Waals surface area (Å²) in [5.74, 6) is -0.0110. The molecule has 0 unspecified atom stereocenters. The van der Waals surface area contributed by atoms with E-state index in [0.717, 1.165) is 4.90 Å². The average molecular weight is 418 g/mol. The summed E-state index contributed by atoms with van der Waals surface area (Å²) in [5.41, 5.74) is 0.529. The lowest BCUT2D eigenvalue weighted by molar-refractivity contribution is -0.121. The van der Waals surface area contributed by atoms with Crippen LogP contribution in [0.4, 0.5) is 11.4 Å². The molecule has 2 amide bonds. The number of hydrogen-bond acceptors (Lipinski definition) is 6. The van der Waals surface area contributed by atoms with Crippen LogP contribution in [0.1, 0.15) is 26.7 Å². The van der Waals surface area contributed by atoms with Crippen LogP contribution in [0.3, 0.4) is 0 Å². The van der Waals surface area contributed by atoms with Gasteiger partial charge in [0.05, 0.1) is 18.9 Å². The molecular formula is C20H22N2O6S. The van der Waals surface area contributed by atoms with Gasteiger partial charge in [0.2, 0.25) is 11.8 Å². The summed E-state index contributed by atoms with van der Waals surface area (Å²) in [4.78, 5) is 24.8. The van der Waals surface area contributed by atoms with Crippen LogP contribution < -0.4 is 19.1 Å². The van der Waals surface area contributed by atoms with Gasteiger partial charge in [-0.05, 0) is 56.3 Å². The Kier molecular flexibility index (Phi) is 5.78. The average Bonchev–Trinajstić information content (AvgIpc) is 3.00. The number of nitrogens with one attached hydrogen (secondary N) is 1. The monoisotopic (exact) mass is 418 g/mol. The van der Waals surface area contributed by atoms with Crippen LogP contribution in [0.2, 0.25) is 0 Å². The third kappa shape index (κ3) is 4.51. The van der Waals surface area contributed by atoms with Crippen molar-refractivity contribution in [2.45, 2.75) is 37.7 Å². The first-order valence-electron chi connectivity index (χ1n) is 9.04. The lowest BCUT2D eigenvalue weighted by atomic mass is 10.2. The number of amides is 2. The van der Waals surface area contributed by atoms with Crippen molar-refractivity contribution in [1.29, 1.82) is 0 Å². The molecule has 0 aromatic heterocycles. The van der Waals surface area contributed by atoms with Gasteiger partial charge in [-0.3, -0.25) is 19.2 Å². The summed E-state index contributed by atoms with van der Waals surface area (Å²) in [6.45, 7) is 3.79. The smallest absolute Gasteiger partial charge is 0.265 e. The molecule has 2 aromatic carbocycles. The SMILES string of the molecule is COc1ccc(N2C(=O)CCC2=O)cc1S(=O)(=O)Nc1ccc(OC(C)C)cc1. The number of imide groups is 1. The van der Waals surface area contributed by atoms with E-state index in [-0.39, 0.29) is 47.1 Å². The predicted molar refractivity (Wildman–Crippen MR) is 108 cm³/mol. The molecule has 0 radical (unpaired) electrons. The lowest BCUT2D eigenvalue weighted by Crippen LogP contribution is -2.28. The summed E-state index contributed by atoms with van der Waals surface area (Å²) in [6, 6.07) is 10.6. The third-order valence-corrected chi connectivity index (χ3v) is 5.63. The molecule has 2 aromatic rings. The van der Waals surface area contributed by atoms with Gasteiger partial charge in [0.25, 0.3) is 10.0 Å². The second kappa shape index (κ2) is 8.12. The molecule has 1 aliphatic rings. The first-order valence-corrected chi connectivity index (χ1v) is 10.5. The highest BCUT2D eigenvalue weighted by molar-refractivity contribution is 7.92. The zero-order valence-electron chi connectivity index (χ0n) is 16.3. The van der Waals surface area contributed by atoms with Gasteiger partial charge in [0.1, 0.15) is 16.4 Å². The maximum Gasteiger partial charge on any atom is 0.265 e. The summed E-state index contributed by atoms with van der Waals surface area (Å²) in [6.07, 6.45) is 0.215. The molecule has 0 aliphatic carbocycles. The largest absolute Gasteiger partial charge is 0.495 e. The Morgan fingerprint density at radius 1 is 1.00 bits per heavy atom. The van der Waals surface area contributed by atoms with Gasteiger partial charge in [-0.25, -0.2) is 8.42 Å². The number of carbonyl (C=O) groups is 2. The number of benzene rings is 2. The highest BCUT2D eigenvalue weighted by atomic mass is 32.2. The van der Waals surface area contributed by atoms with E-state index in [1.54, 1.807) is 24.3 Å². The Balaban J connectivity index is 1.92. The number of methoxy groups -OCH3 is 1. The van der Waals surface area contributed by atoms with Gasteiger partial charge in [-0.2, -0.15) is 0 Å². The zero-order valence-corrected chi connectivity index (χ0v) is 17.2. The number of rotatable bonds is 7. The highest BCUT2D eigenvalue weighted by Gasteiger charge is 2.32. The zero-order chi connectivity index (χ0) is 21.2. The van der Waals surface area contributed by atoms with E-state index >= 15 is 0 Å². The summed E-state index contributed by atoms with van der Waals surface area (Å²) < 4.78 is 39.1. The number of carbonyl (C=O) groups excluding carboxylic acids is 2. The molecule has 0 spiro atoms. The second-order valence-electron chi connectivity index (χ2n) is 6.75. The van der Waals surface area contributed by atoms with Crippen LogP contribution in [-0.4, -0.2) is 33.4 Å². The first kappa shape index (κ1) is 20.7. The molecule has 1 heterocycles. The van der Waals surface area contributed by atoms with E-state index in [1.807, 2.05) is 13.8 Å². The maximum atomic E-state index is 13.0. The van der Waals surface area contributed by atoms with Crippen molar-refractivity contribution in [3.8, 4) is 11.5 Å². The normalized spacial score (nSPS) is 14.4. The lowest BCUT2D eigenvalue weighted by Gasteiger charge is -2.17. The standard InChI is InChI=1S/C20H22N2O6S/c1-13(2)28-16-7-4-14(5-8-16)21-29(25,26)18-12-15(6-9-17(18)27-3)22-19(23)10-11-20(22)24/h4-9,12-13,21H,10-11H2,1-3H3. The van der Waals surface area contributed by atoms with Gasteiger partial charge in [-0.15, -0.1) is 0 Å². The fraction of sp³-hybridized carbons (Fsp3) is 0.300. The van der Waals surface area contributed by atoms with Gasteiger partial charge in [0.15, 0.2) is 0 Å². The molecule has 1 aliphatic heterocycles. The van der Waals surface area contributed by atoms with Gasteiger partial charge in [-0.1, -0.05) is 0 Å². The molecule has 8 nitrogen and oxygen atoms in total. The second-order valence-corrected chi connectivity index (χ2v) is 8.41. The predicted octanol–water partition coefficient (Wildman–Crippen LogP) is 2.94. The molecule has 1 fully saturated rings. The Labute approximate surface area is 169 Å². The Bertz CT molecular complexity index is 1020. The topological polar surface area (TPSA) is 102 Å². The van der Waals surface area contributed by atoms with Gasteiger partial charge >= 0.3 is 0 Å². The number of anilines is 2. The van der Waals surface area contributed by atoms with Gasteiger partial charge in [0, 0.05) is 18.5 Å². The van der Waals surface area contributed by atoms with E-state index in [0.29, 0.717) is 11.4 Å². The van der Waals surface area contributed by atoms with E-state index in [9.17, 15) is 18.0 Å². The molecule has 154 valence electrons. The van der Waals surface area contributed by atoms with Crippen molar-refractivity contribution in [3.05, 3.63) is 42.5 Å². The van der Waals surface area contributed by atoms with E-state index in [2.05, 4.69) is 4.72 Å². The van der Waals surface area contributed by atoms with E-state index in [4.69, 9.17) is 9.47 Å². The van der Waals surface area contributed by atoms with Crippen LogP contribution in [0.15, 0.2) is 47.4 Å². The van der Waals surface area contributed by atoms with Gasteiger partial charge < -0.3 is 9.47 Å². The van der Waals surface area contributed by atoms with Crippen LogP contribution >= 0.6 is 0 Å². The van der Waals surface area contributed by atoms with Crippen molar-refractivity contribution in [2.24, 2.45) is 0 Å². The highest BCUT2D eigenvalue weighted by Crippen LogP contribution is 2.32. The fourth-order valence-electron chi connectivity index (χ4n) is 2.96. The number of sulfonamides is 1. The summed E-state index contributed by atoms with van der Waals surface area (Å²) in [5, 5.41) is 0. The molecule has 9 heteroatoms. The van der Waals surface area contributed by atoms with E-state index in [1.165, 1.54) is 25.3 Å². The minimum absolute atomic E-state index is 0.000510. The van der Waals surface area contributed by atoms with Crippen LogP contribution in [-0.2, 0) is 19.6 Å². The molecule has 0 atom stereocenters. The molecule has 1 saturated heterocycles.